The summed E-state index contributed by atoms with van der Waals surface area (Å²) >= 11 is 6.35. The van der Waals surface area contributed by atoms with E-state index < -0.39 is 11.8 Å². The van der Waals surface area contributed by atoms with Crippen LogP contribution < -0.4 is 30.3 Å². The van der Waals surface area contributed by atoms with E-state index in [4.69, 9.17) is 25.8 Å². The molecule has 0 heterocycles. The Kier molecular flexibility index (Phi) is 9.66. The number of nitrogens with one attached hydrogen (secondary N) is 3. The number of hydrazone groups is 1. The predicted molar refractivity (Wildman–Crippen MR) is 145 cm³/mol. The van der Waals surface area contributed by atoms with Crippen molar-refractivity contribution in [2.24, 2.45) is 5.10 Å². The van der Waals surface area contributed by atoms with Crippen LogP contribution in [0.1, 0.15) is 16.7 Å². The fraction of sp³-hybridized carbons (Fsp3) is 0.185. The van der Waals surface area contributed by atoms with Gasteiger partial charge in [-0.1, -0.05) is 41.4 Å². The first-order chi connectivity index (χ1) is 18.2. The zero-order valence-corrected chi connectivity index (χ0v) is 22.0. The van der Waals surface area contributed by atoms with Crippen LogP contribution >= 0.6 is 11.6 Å². The van der Waals surface area contributed by atoms with E-state index in [2.05, 4.69) is 21.2 Å². The highest BCUT2D eigenvalue weighted by molar-refractivity contribution is 6.39. The Morgan fingerprint density at radius 3 is 2.34 bits per heavy atom. The molecule has 3 aromatic carbocycles. The molecule has 0 aliphatic rings. The molecule has 3 aromatic rings. The average molecular weight is 539 g/mol. The number of ether oxygens (including phenoxy) is 3. The summed E-state index contributed by atoms with van der Waals surface area (Å²) in [5.41, 5.74) is 5.64. The maximum absolute atomic E-state index is 12.4. The van der Waals surface area contributed by atoms with E-state index in [0.29, 0.717) is 22.7 Å². The van der Waals surface area contributed by atoms with E-state index in [-0.39, 0.29) is 29.0 Å². The Labute approximate surface area is 224 Å². The molecule has 10 nitrogen and oxygen atoms in total. The summed E-state index contributed by atoms with van der Waals surface area (Å²) in [5.74, 6) is -1.45. The number of nitrogens with zero attached hydrogens (tertiary/aromatic N) is 1. The molecule has 11 heteroatoms. The van der Waals surface area contributed by atoms with Crippen LogP contribution in [0.2, 0.25) is 5.02 Å². The van der Waals surface area contributed by atoms with Crippen molar-refractivity contribution >= 4 is 46.9 Å². The van der Waals surface area contributed by atoms with Crippen LogP contribution in [0.25, 0.3) is 0 Å². The first-order valence-electron chi connectivity index (χ1n) is 11.4. The number of aryl methyl sites for hydroxylation is 2. The third kappa shape index (κ3) is 7.47. The number of amides is 3. The Morgan fingerprint density at radius 1 is 0.895 bits per heavy atom. The molecule has 38 heavy (non-hydrogen) atoms. The Balaban J connectivity index is 1.59. The maximum atomic E-state index is 12.4. The van der Waals surface area contributed by atoms with Gasteiger partial charge in [-0.3, -0.25) is 14.4 Å². The van der Waals surface area contributed by atoms with E-state index in [0.717, 1.165) is 11.1 Å². The van der Waals surface area contributed by atoms with E-state index >= 15 is 0 Å². The van der Waals surface area contributed by atoms with Crippen molar-refractivity contribution in [3.8, 4) is 17.2 Å². The number of benzene rings is 3. The van der Waals surface area contributed by atoms with Crippen LogP contribution in [-0.2, 0) is 14.4 Å². The summed E-state index contributed by atoms with van der Waals surface area (Å²) in [7, 11) is 2.87. The zero-order chi connectivity index (χ0) is 27.7. The molecule has 0 atom stereocenters. The molecule has 0 fully saturated rings. The molecular formula is C27H27ClN4O6. The second kappa shape index (κ2) is 13.1. The minimum Gasteiger partial charge on any atom is -0.495 e. The van der Waals surface area contributed by atoms with Crippen LogP contribution in [0.5, 0.6) is 17.2 Å². The topological polar surface area (TPSA) is 127 Å². The fourth-order valence-electron chi connectivity index (χ4n) is 3.38. The molecule has 0 aliphatic heterocycles. The lowest BCUT2D eigenvalue weighted by Gasteiger charge is -2.14. The van der Waals surface area contributed by atoms with E-state index in [9.17, 15) is 14.4 Å². The van der Waals surface area contributed by atoms with Gasteiger partial charge in [-0.25, -0.2) is 5.43 Å². The number of hydrogen-bond acceptors (Lipinski definition) is 7. The summed E-state index contributed by atoms with van der Waals surface area (Å²) in [4.78, 5) is 36.7. The molecule has 3 rings (SSSR count). The van der Waals surface area contributed by atoms with Gasteiger partial charge in [0.05, 0.1) is 31.1 Å². The predicted octanol–water partition coefficient (Wildman–Crippen LogP) is 4.08. The van der Waals surface area contributed by atoms with E-state index in [1.165, 1.54) is 26.5 Å². The van der Waals surface area contributed by atoms with E-state index in [1.54, 1.807) is 30.3 Å². The first kappa shape index (κ1) is 28.0. The van der Waals surface area contributed by atoms with Gasteiger partial charge >= 0.3 is 11.8 Å². The van der Waals surface area contributed by atoms with Gasteiger partial charge in [0.15, 0.2) is 18.1 Å². The fourth-order valence-corrected chi connectivity index (χ4v) is 3.65. The number of carbonyl (C=O) groups is 3. The summed E-state index contributed by atoms with van der Waals surface area (Å²) in [5, 5.41) is 9.20. The second-order valence-electron chi connectivity index (χ2n) is 8.04. The molecule has 0 saturated heterocycles. The highest BCUT2D eigenvalue weighted by Gasteiger charge is 2.16. The Morgan fingerprint density at radius 2 is 1.63 bits per heavy atom. The zero-order valence-electron chi connectivity index (χ0n) is 21.3. The number of para-hydroxylation sites is 2. The third-order valence-electron chi connectivity index (χ3n) is 5.20. The molecule has 0 saturated carbocycles. The van der Waals surface area contributed by atoms with Gasteiger partial charge in [0.1, 0.15) is 5.75 Å². The summed E-state index contributed by atoms with van der Waals surface area (Å²) in [6.07, 6.45) is 1.28. The normalized spacial score (nSPS) is 10.6. The lowest BCUT2D eigenvalue weighted by molar-refractivity contribution is -0.136. The van der Waals surface area contributed by atoms with Crippen molar-refractivity contribution in [2.45, 2.75) is 13.8 Å². The van der Waals surface area contributed by atoms with Gasteiger partial charge in [0.2, 0.25) is 0 Å². The molecular weight excluding hydrogens is 512 g/mol. The molecule has 0 bridgehead atoms. The third-order valence-corrected chi connectivity index (χ3v) is 5.48. The number of anilines is 2. The quantitative estimate of drug-likeness (QED) is 0.214. The van der Waals surface area contributed by atoms with Gasteiger partial charge in [0.25, 0.3) is 5.91 Å². The lowest BCUT2D eigenvalue weighted by Crippen LogP contribution is -2.32. The van der Waals surface area contributed by atoms with Gasteiger partial charge < -0.3 is 24.8 Å². The van der Waals surface area contributed by atoms with Crippen LogP contribution in [-0.4, -0.2) is 44.8 Å². The number of rotatable bonds is 9. The molecule has 0 radical (unpaired) electrons. The SMILES string of the molecule is COc1ccccc1NC(=O)C(=O)N/N=C\c1cc(Cl)c(OCC(=O)Nc2ccc(C)cc2C)c(OC)c1. The number of methoxy groups -OCH3 is 2. The second-order valence-corrected chi connectivity index (χ2v) is 8.45. The average Bonchev–Trinajstić information content (AvgIpc) is 2.89. The van der Waals surface area contributed by atoms with Crippen LogP contribution in [0.15, 0.2) is 59.7 Å². The summed E-state index contributed by atoms with van der Waals surface area (Å²) < 4.78 is 16.1. The van der Waals surface area contributed by atoms with Crippen molar-refractivity contribution in [3.63, 3.8) is 0 Å². The van der Waals surface area contributed by atoms with Crippen molar-refractivity contribution in [2.75, 3.05) is 31.5 Å². The first-order valence-corrected chi connectivity index (χ1v) is 11.7. The van der Waals surface area contributed by atoms with Crippen molar-refractivity contribution in [1.29, 1.82) is 0 Å². The smallest absolute Gasteiger partial charge is 0.329 e. The highest BCUT2D eigenvalue weighted by atomic mass is 35.5. The number of halogens is 1. The molecule has 0 aromatic heterocycles. The monoisotopic (exact) mass is 538 g/mol. The van der Waals surface area contributed by atoms with Crippen LogP contribution in [0, 0.1) is 13.8 Å². The maximum Gasteiger partial charge on any atom is 0.329 e. The van der Waals surface area contributed by atoms with E-state index in [1.807, 2.05) is 32.0 Å². The highest BCUT2D eigenvalue weighted by Crippen LogP contribution is 2.36. The summed E-state index contributed by atoms with van der Waals surface area (Å²) in [6, 6.07) is 15.4. The molecule has 3 amide bonds. The van der Waals surface area contributed by atoms with Crippen LogP contribution in [0.3, 0.4) is 0 Å². The molecule has 0 unspecified atom stereocenters. The minimum absolute atomic E-state index is 0.158. The van der Waals surface area contributed by atoms with Gasteiger partial charge in [-0.05, 0) is 55.3 Å². The Bertz CT molecular complexity index is 1380. The van der Waals surface area contributed by atoms with Gasteiger partial charge in [-0.2, -0.15) is 5.10 Å². The number of hydrogen-bond donors (Lipinski definition) is 3. The molecule has 0 aliphatic carbocycles. The molecule has 0 spiro atoms. The minimum atomic E-state index is -0.986. The van der Waals surface area contributed by atoms with Crippen molar-refractivity contribution in [1.82, 2.24) is 5.43 Å². The Hall–Kier alpha value is -4.57. The largest absolute Gasteiger partial charge is 0.495 e. The van der Waals surface area contributed by atoms with Gasteiger partial charge in [0, 0.05) is 5.69 Å². The standard InChI is InChI=1S/C27H27ClN4O6/c1-16-9-10-20(17(2)11-16)30-24(33)15-38-25-19(28)12-18(13-23(25)37-4)14-29-32-27(35)26(34)31-21-7-5-6-8-22(21)36-3/h5-14H,15H2,1-4H3,(H,30,33)(H,31,34)(H,32,35)/b29-14-. The summed E-state index contributed by atoms with van der Waals surface area (Å²) in [6.45, 7) is 3.58. The van der Waals surface area contributed by atoms with Gasteiger partial charge in [-0.15, -0.1) is 0 Å². The lowest BCUT2D eigenvalue weighted by atomic mass is 10.1. The molecule has 3 N–H and O–H groups in total. The number of carbonyl (C=O) groups excluding carboxylic acids is 3. The van der Waals surface area contributed by atoms with Crippen molar-refractivity contribution < 1.29 is 28.6 Å². The molecule has 198 valence electrons. The van der Waals surface area contributed by atoms with Crippen molar-refractivity contribution in [3.05, 3.63) is 76.3 Å². The van der Waals surface area contributed by atoms with Crippen LogP contribution in [0.4, 0.5) is 11.4 Å².